The molecule has 0 heterocycles. The van der Waals surface area contributed by atoms with Crippen LogP contribution in [0.25, 0.3) is 0 Å². The molecule has 0 amide bonds. The maximum atomic E-state index is 5.37. The predicted molar refractivity (Wildman–Crippen MR) is 70.0 cm³/mol. The molecule has 0 aromatic rings. The monoisotopic (exact) mass is 254 g/mol. The molecule has 0 bridgehead atoms. The number of hydrogen-bond acceptors (Lipinski definition) is 5. The maximum absolute atomic E-state index is 5.37. The van der Waals surface area contributed by atoms with Crippen LogP contribution in [0.5, 0.6) is 0 Å². The van der Waals surface area contributed by atoms with Crippen LogP contribution in [0.15, 0.2) is 0 Å². The molecule has 0 saturated heterocycles. The summed E-state index contributed by atoms with van der Waals surface area (Å²) in [6, 6.07) is 0. The molecule has 0 fully saturated rings. The molecule has 0 aliphatic rings. The van der Waals surface area contributed by atoms with Gasteiger partial charge in [-0.3, -0.25) is 0 Å². The Morgan fingerprint density at radius 3 is 2.25 bits per heavy atom. The summed E-state index contributed by atoms with van der Waals surface area (Å²) in [6.45, 7) is 3.96. The van der Waals surface area contributed by atoms with Crippen molar-refractivity contribution in [1.29, 1.82) is 0 Å². The van der Waals surface area contributed by atoms with E-state index in [0.717, 1.165) is 12.4 Å². The van der Waals surface area contributed by atoms with Crippen LogP contribution in [0.1, 0.15) is 0 Å². The van der Waals surface area contributed by atoms with Crippen molar-refractivity contribution in [2.24, 2.45) is 5.73 Å². The Balaban J connectivity index is 3.10. The van der Waals surface area contributed by atoms with Crippen molar-refractivity contribution >= 4 is 10.3 Å². The number of rotatable bonds is 11. The molecule has 0 spiro atoms. The summed E-state index contributed by atoms with van der Waals surface area (Å²) in [5.74, 6) is 0.899. The van der Waals surface area contributed by atoms with Gasteiger partial charge in [-0.1, -0.05) is 0 Å². The minimum atomic E-state index is -0.929. The van der Waals surface area contributed by atoms with Gasteiger partial charge in [-0.25, -0.2) is 0 Å². The molecule has 0 aromatic heterocycles. The summed E-state index contributed by atoms with van der Waals surface area (Å²) >= 11 is 0. The van der Waals surface area contributed by atoms with Gasteiger partial charge < -0.3 is 24.7 Å². The second-order valence-electron chi connectivity index (χ2n) is 3.76. The Kier molecular flexibility index (Phi) is 10.4. The summed E-state index contributed by atoms with van der Waals surface area (Å²) in [5, 5.41) is 3.30. The highest BCUT2D eigenvalue weighted by atomic mass is 32.3. The number of nitrogens with two attached hydrogens (primary N) is 1. The lowest BCUT2D eigenvalue weighted by atomic mass is 10.6. The van der Waals surface area contributed by atoms with Gasteiger partial charge in [0, 0.05) is 26.1 Å². The highest BCUT2D eigenvalue weighted by Crippen LogP contribution is 2.37. The first kappa shape index (κ1) is 16.1. The van der Waals surface area contributed by atoms with E-state index in [0.29, 0.717) is 33.0 Å². The van der Waals surface area contributed by atoms with Crippen LogP contribution in [-0.2, 0) is 13.7 Å². The molecular formula is C10H26N2O3S. The molecule has 0 saturated carbocycles. The van der Waals surface area contributed by atoms with E-state index in [2.05, 4.69) is 17.8 Å². The molecule has 0 atom stereocenters. The first-order chi connectivity index (χ1) is 7.62. The Morgan fingerprint density at radius 2 is 1.69 bits per heavy atom. The Bertz CT molecular complexity index is 159. The highest BCUT2D eigenvalue weighted by molar-refractivity contribution is 8.28. The predicted octanol–water partition coefficient (Wildman–Crippen LogP) is 0.151. The molecule has 100 valence electrons. The van der Waals surface area contributed by atoms with Crippen LogP contribution in [0, 0.1) is 0 Å². The van der Waals surface area contributed by atoms with Gasteiger partial charge in [0.05, 0.1) is 26.4 Å². The SMILES string of the molecule is COS(C)(C)CNCCOCCOCCN. The smallest absolute Gasteiger partial charge is 0.0701 e. The van der Waals surface area contributed by atoms with Gasteiger partial charge in [0.25, 0.3) is 0 Å². The third-order valence-electron chi connectivity index (χ3n) is 1.96. The van der Waals surface area contributed by atoms with Gasteiger partial charge in [-0.2, -0.15) is 0 Å². The van der Waals surface area contributed by atoms with E-state index in [1.165, 1.54) is 0 Å². The molecule has 5 nitrogen and oxygen atoms in total. The lowest BCUT2D eigenvalue weighted by molar-refractivity contribution is 0.0522. The third kappa shape index (κ3) is 10.7. The van der Waals surface area contributed by atoms with E-state index >= 15 is 0 Å². The standard InChI is InChI=1S/C10H26N2O3S/c1-13-16(2,3)10-12-5-7-15-9-8-14-6-4-11/h12H,4-11H2,1-3H3. The average Bonchev–Trinajstić information content (AvgIpc) is 2.27. The van der Waals surface area contributed by atoms with Gasteiger partial charge in [0.1, 0.15) is 0 Å². The van der Waals surface area contributed by atoms with Crippen LogP contribution >= 0.6 is 10.3 Å². The fraction of sp³-hybridized carbons (Fsp3) is 1.00. The van der Waals surface area contributed by atoms with Crippen molar-refractivity contribution in [1.82, 2.24) is 5.32 Å². The summed E-state index contributed by atoms with van der Waals surface area (Å²) in [5.41, 5.74) is 5.28. The third-order valence-corrected chi connectivity index (χ3v) is 3.76. The number of hydrogen-bond donors (Lipinski definition) is 2. The van der Waals surface area contributed by atoms with Gasteiger partial charge in [-0.15, -0.1) is 10.3 Å². The lowest BCUT2D eigenvalue weighted by Crippen LogP contribution is -2.25. The summed E-state index contributed by atoms with van der Waals surface area (Å²) in [4.78, 5) is 0. The highest BCUT2D eigenvalue weighted by Gasteiger charge is 2.07. The lowest BCUT2D eigenvalue weighted by Gasteiger charge is -2.29. The summed E-state index contributed by atoms with van der Waals surface area (Å²) in [7, 11) is 0.823. The number of nitrogens with one attached hydrogen (secondary N) is 1. The first-order valence-corrected chi connectivity index (χ1v) is 7.99. The van der Waals surface area contributed by atoms with Crippen LogP contribution in [0.2, 0.25) is 0 Å². The maximum Gasteiger partial charge on any atom is 0.0701 e. The van der Waals surface area contributed by atoms with Gasteiger partial charge in [-0.05, 0) is 12.5 Å². The van der Waals surface area contributed by atoms with E-state index in [4.69, 9.17) is 19.4 Å². The molecule has 0 aromatic carbocycles. The molecule has 3 N–H and O–H groups in total. The zero-order valence-corrected chi connectivity index (χ0v) is 11.5. The molecule has 0 aliphatic carbocycles. The van der Waals surface area contributed by atoms with Crippen molar-refractivity contribution in [3.8, 4) is 0 Å². The van der Waals surface area contributed by atoms with Crippen LogP contribution in [0.4, 0.5) is 0 Å². The minimum absolute atomic E-state index is 0.566. The normalized spacial score (nSPS) is 13.0. The molecule has 0 aliphatic heterocycles. The van der Waals surface area contributed by atoms with Crippen LogP contribution < -0.4 is 11.1 Å². The van der Waals surface area contributed by atoms with Gasteiger partial charge in [0.2, 0.25) is 0 Å². The van der Waals surface area contributed by atoms with Crippen molar-refractivity contribution in [2.75, 3.05) is 65.0 Å². The van der Waals surface area contributed by atoms with Crippen molar-refractivity contribution in [2.45, 2.75) is 0 Å². The van der Waals surface area contributed by atoms with Gasteiger partial charge >= 0.3 is 0 Å². The van der Waals surface area contributed by atoms with Crippen LogP contribution in [0.3, 0.4) is 0 Å². The summed E-state index contributed by atoms with van der Waals surface area (Å²) < 4.78 is 15.9. The Morgan fingerprint density at radius 1 is 1.06 bits per heavy atom. The first-order valence-electron chi connectivity index (χ1n) is 5.45. The van der Waals surface area contributed by atoms with E-state index in [1.807, 2.05) is 0 Å². The molecule has 0 radical (unpaired) electrons. The van der Waals surface area contributed by atoms with Crippen molar-refractivity contribution in [3.05, 3.63) is 0 Å². The second-order valence-corrected chi connectivity index (χ2v) is 7.26. The molecule has 0 unspecified atom stereocenters. The quantitative estimate of drug-likeness (QED) is 0.514. The van der Waals surface area contributed by atoms with E-state index < -0.39 is 10.3 Å². The largest absolute Gasteiger partial charge is 0.378 e. The van der Waals surface area contributed by atoms with E-state index in [9.17, 15) is 0 Å². The fourth-order valence-corrected chi connectivity index (χ4v) is 1.68. The zero-order valence-electron chi connectivity index (χ0n) is 10.7. The van der Waals surface area contributed by atoms with E-state index in [1.54, 1.807) is 7.11 Å². The van der Waals surface area contributed by atoms with Crippen molar-refractivity contribution < 1.29 is 13.7 Å². The second kappa shape index (κ2) is 10.3. The topological polar surface area (TPSA) is 65.7 Å². The summed E-state index contributed by atoms with van der Waals surface area (Å²) in [6.07, 6.45) is 4.25. The minimum Gasteiger partial charge on any atom is -0.378 e. The fourth-order valence-electron chi connectivity index (χ4n) is 0.927. The van der Waals surface area contributed by atoms with E-state index in [-0.39, 0.29) is 0 Å². The Hall–Kier alpha value is 0.150. The van der Waals surface area contributed by atoms with Crippen LogP contribution in [-0.4, -0.2) is 65.0 Å². The zero-order chi connectivity index (χ0) is 12.3. The molecule has 16 heavy (non-hydrogen) atoms. The Labute approximate surface area is 101 Å². The average molecular weight is 254 g/mol. The number of ether oxygens (including phenoxy) is 2. The van der Waals surface area contributed by atoms with Crippen molar-refractivity contribution in [3.63, 3.8) is 0 Å². The molecular weight excluding hydrogens is 228 g/mol. The van der Waals surface area contributed by atoms with Gasteiger partial charge in [0.15, 0.2) is 0 Å². The molecule has 0 rings (SSSR count). The molecule has 6 heteroatoms.